The highest BCUT2D eigenvalue weighted by atomic mass is 32.2. The quantitative estimate of drug-likeness (QED) is 0.854. The van der Waals surface area contributed by atoms with Crippen molar-refractivity contribution >= 4 is 15.7 Å². The van der Waals surface area contributed by atoms with Gasteiger partial charge in [-0.2, -0.15) is 0 Å². The second-order valence-electron chi connectivity index (χ2n) is 4.12. The second-order valence-corrected chi connectivity index (χ2v) is 6.52. The number of furan rings is 1. The van der Waals surface area contributed by atoms with Crippen LogP contribution in [0.15, 0.2) is 22.8 Å². The molecule has 1 aromatic rings. The molecule has 6 heteroatoms. The molecule has 1 amide bonds. The molecular formula is C11H17NO4S. The lowest BCUT2D eigenvalue weighted by molar-refractivity contribution is -0.124. The van der Waals surface area contributed by atoms with Gasteiger partial charge < -0.3 is 9.73 Å². The van der Waals surface area contributed by atoms with E-state index in [1.165, 1.54) is 13.2 Å². The minimum absolute atomic E-state index is 0.270. The SMILES string of the molecule is C[C@H]([C@@H](C)C(=O)NCc1ccco1)S(C)(=O)=O. The van der Waals surface area contributed by atoms with Crippen molar-refractivity contribution in [3.63, 3.8) is 0 Å². The predicted molar refractivity (Wildman–Crippen MR) is 64.0 cm³/mol. The molecule has 0 saturated heterocycles. The predicted octanol–water partition coefficient (Wildman–Crippen LogP) is 0.965. The fourth-order valence-corrected chi connectivity index (χ4v) is 2.20. The van der Waals surface area contributed by atoms with E-state index in [0.29, 0.717) is 5.76 Å². The van der Waals surface area contributed by atoms with Gasteiger partial charge >= 0.3 is 0 Å². The summed E-state index contributed by atoms with van der Waals surface area (Å²) in [5.41, 5.74) is 0. The molecule has 1 N–H and O–H groups in total. The van der Waals surface area contributed by atoms with E-state index >= 15 is 0 Å². The van der Waals surface area contributed by atoms with E-state index in [0.717, 1.165) is 6.26 Å². The third kappa shape index (κ3) is 3.89. The first kappa shape index (κ1) is 13.8. The summed E-state index contributed by atoms with van der Waals surface area (Å²) in [5.74, 6) is -0.239. The number of amides is 1. The fourth-order valence-electron chi connectivity index (χ4n) is 1.33. The van der Waals surface area contributed by atoms with E-state index < -0.39 is 21.0 Å². The topological polar surface area (TPSA) is 76.4 Å². The van der Waals surface area contributed by atoms with Crippen LogP contribution in [0.25, 0.3) is 0 Å². The zero-order valence-corrected chi connectivity index (χ0v) is 11.0. The Morgan fingerprint density at radius 1 is 1.47 bits per heavy atom. The molecular weight excluding hydrogens is 242 g/mol. The van der Waals surface area contributed by atoms with Gasteiger partial charge in [-0.15, -0.1) is 0 Å². The van der Waals surface area contributed by atoms with Gasteiger partial charge in [0.05, 0.1) is 24.0 Å². The lowest BCUT2D eigenvalue weighted by Crippen LogP contribution is -2.37. The minimum atomic E-state index is -3.20. The van der Waals surface area contributed by atoms with Crippen LogP contribution in [-0.2, 0) is 21.2 Å². The number of hydrogen-bond donors (Lipinski definition) is 1. The molecule has 0 aliphatic rings. The maximum atomic E-state index is 11.7. The first-order valence-corrected chi connectivity index (χ1v) is 7.26. The van der Waals surface area contributed by atoms with E-state index in [-0.39, 0.29) is 12.5 Å². The third-order valence-electron chi connectivity index (χ3n) is 2.81. The Morgan fingerprint density at radius 3 is 2.59 bits per heavy atom. The number of carbonyl (C=O) groups is 1. The number of rotatable bonds is 5. The zero-order valence-electron chi connectivity index (χ0n) is 10.1. The summed E-state index contributed by atoms with van der Waals surface area (Å²) in [5, 5.41) is 1.95. The Kier molecular flexibility index (Phi) is 4.34. The summed E-state index contributed by atoms with van der Waals surface area (Å²) in [4.78, 5) is 11.7. The average molecular weight is 259 g/mol. The summed E-state index contributed by atoms with van der Waals surface area (Å²) in [6.45, 7) is 3.41. The zero-order chi connectivity index (χ0) is 13.1. The van der Waals surface area contributed by atoms with Crippen molar-refractivity contribution < 1.29 is 17.6 Å². The first-order chi connectivity index (χ1) is 7.82. The van der Waals surface area contributed by atoms with Gasteiger partial charge in [0.25, 0.3) is 0 Å². The molecule has 0 spiro atoms. The van der Waals surface area contributed by atoms with Crippen molar-refractivity contribution in [1.82, 2.24) is 5.32 Å². The van der Waals surface area contributed by atoms with E-state index in [2.05, 4.69) is 5.32 Å². The van der Waals surface area contributed by atoms with Crippen LogP contribution in [0.1, 0.15) is 19.6 Å². The Bertz CT molecular complexity index is 464. The molecule has 0 aromatic carbocycles. The van der Waals surface area contributed by atoms with Crippen LogP contribution in [0.3, 0.4) is 0 Å². The third-order valence-corrected chi connectivity index (χ3v) is 4.57. The standard InChI is InChI=1S/C11H17NO4S/c1-8(9(2)17(3,14)15)11(13)12-7-10-5-4-6-16-10/h4-6,8-9H,7H2,1-3H3,(H,12,13)/t8-,9-/m1/s1. The molecule has 0 unspecified atom stereocenters. The largest absolute Gasteiger partial charge is 0.467 e. The van der Waals surface area contributed by atoms with Crippen molar-refractivity contribution in [3.05, 3.63) is 24.2 Å². The van der Waals surface area contributed by atoms with Crippen molar-refractivity contribution in [2.24, 2.45) is 5.92 Å². The second kappa shape index (κ2) is 5.35. The monoisotopic (exact) mass is 259 g/mol. The van der Waals surface area contributed by atoms with Crippen LogP contribution in [0, 0.1) is 5.92 Å². The number of sulfone groups is 1. The molecule has 1 aromatic heterocycles. The highest BCUT2D eigenvalue weighted by molar-refractivity contribution is 7.91. The lowest BCUT2D eigenvalue weighted by Gasteiger charge is -2.17. The van der Waals surface area contributed by atoms with E-state index in [9.17, 15) is 13.2 Å². The van der Waals surface area contributed by atoms with E-state index in [4.69, 9.17) is 4.42 Å². The summed E-state index contributed by atoms with van der Waals surface area (Å²) >= 11 is 0. The fraction of sp³-hybridized carbons (Fsp3) is 0.545. The highest BCUT2D eigenvalue weighted by Gasteiger charge is 2.27. The van der Waals surface area contributed by atoms with Crippen LogP contribution in [0.2, 0.25) is 0 Å². The molecule has 0 aliphatic heterocycles. The molecule has 5 nitrogen and oxygen atoms in total. The molecule has 96 valence electrons. The van der Waals surface area contributed by atoms with Gasteiger partial charge in [0, 0.05) is 6.26 Å². The smallest absolute Gasteiger partial charge is 0.224 e. The Hall–Kier alpha value is -1.30. The van der Waals surface area contributed by atoms with Crippen LogP contribution in [-0.4, -0.2) is 25.8 Å². The first-order valence-electron chi connectivity index (χ1n) is 5.31. The molecule has 0 fully saturated rings. The molecule has 1 heterocycles. The molecule has 17 heavy (non-hydrogen) atoms. The number of nitrogens with one attached hydrogen (secondary N) is 1. The van der Waals surface area contributed by atoms with Gasteiger partial charge in [0.2, 0.25) is 5.91 Å². The Balaban J connectivity index is 2.53. The summed E-state index contributed by atoms with van der Waals surface area (Å²) in [6, 6.07) is 3.47. The van der Waals surface area contributed by atoms with Gasteiger partial charge in [0.15, 0.2) is 9.84 Å². The van der Waals surface area contributed by atoms with Crippen LogP contribution >= 0.6 is 0 Å². The van der Waals surface area contributed by atoms with Gasteiger partial charge in [-0.25, -0.2) is 8.42 Å². The molecule has 1 rings (SSSR count). The Morgan fingerprint density at radius 2 is 2.12 bits per heavy atom. The van der Waals surface area contributed by atoms with Crippen LogP contribution in [0.5, 0.6) is 0 Å². The average Bonchev–Trinajstić information content (AvgIpc) is 2.75. The molecule has 0 aliphatic carbocycles. The van der Waals surface area contributed by atoms with Crippen LogP contribution in [0.4, 0.5) is 0 Å². The maximum Gasteiger partial charge on any atom is 0.224 e. The van der Waals surface area contributed by atoms with Crippen molar-refractivity contribution in [2.75, 3.05) is 6.26 Å². The van der Waals surface area contributed by atoms with Gasteiger partial charge in [-0.05, 0) is 19.1 Å². The normalized spacial score (nSPS) is 15.2. The maximum absolute atomic E-state index is 11.7. The lowest BCUT2D eigenvalue weighted by atomic mass is 10.1. The van der Waals surface area contributed by atoms with Crippen molar-refractivity contribution in [1.29, 1.82) is 0 Å². The molecule has 2 atom stereocenters. The van der Waals surface area contributed by atoms with E-state index in [1.807, 2.05) is 0 Å². The summed E-state index contributed by atoms with van der Waals surface area (Å²) < 4.78 is 27.7. The summed E-state index contributed by atoms with van der Waals surface area (Å²) in [6.07, 6.45) is 2.65. The van der Waals surface area contributed by atoms with Crippen molar-refractivity contribution in [2.45, 2.75) is 25.6 Å². The van der Waals surface area contributed by atoms with E-state index in [1.54, 1.807) is 19.1 Å². The van der Waals surface area contributed by atoms with Gasteiger partial charge in [-0.3, -0.25) is 4.79 Å². The Labute approximate surface area is 101 Å². The highest BCUT2D eigenvalue weighted by Crippen LogP contribution is 2.11. The van der Waals surface area contributed by atoms with Gasteiger partial charge in [0.1, 0.15) is 5.76 Å². The number of carbonyl (C=O) groups excluding carboxylic acids is 1. The van der Waals surface area contributed by atoms with Gasteiger partial charge in [-0.1, -0.05) is 6.92 Å². The molecule has 0 bridgehead atoms. The van der Waals surface area contributed by atoms with Crippen LogP contribution < -0.4 is 5.32 Å². The molecule has 0 radical (unpaired) electrons. The van der Waals surface area contributed by atoms with Crippen molar-refractivity contribution in [3.8, 4) is 0 Å². The summed E-state index contributed by atoms with van der Waals surface area (Å²) in [7, 11) is -3.20. The molecule has 0 saturated carbocycles. The minimum Gasteiger partial charge on any atom is -0.467 e. The number of hydrogen-bond acceptors (Lipinski definition) is 4.